The second kappa shape index (κ2) is 6.35. The van der Waals surface area contributed by atoms with Crippen molar-refractivity contribution in [3.8, 4) is 5.69 Å². The van der Waals surface area contributed by atoms with Gasteiger partial charge in [0.1, 0.15) is 0 Å². The zero-order valence-electron chi connectivity index (χ0n) is 14.8. The number of aliphatic carboxylic acids is 1. The smallest absolute Gasteiger partial charge is 0.311 e. The predicted octanol–water partition coefficient (Wildman–Crippen LogP) is 2.82. The van der Waals surface area contributed by atoms with Crippen LogP contribution in [0.2, 0.25) is 0 Å². The molecule has 1 saturated heterocycles. The first-order valence-electron chi connectivity index (χ1n) is 8.46. The molecule has 1 aromatic heterocycles. The monoisotopic (exact) mass is 341 g/mol. The van der Waals surface area contributed by atoms with Gasteiger partial charge < -0.3 is 10.0 Å². The Morgan fingerprint density at radius 3 is 2.72 bits per heavy atom. The maximum atomic E-state index is 12.9. The first-order chi connectivity index (χ1) is 11.8. The Morgan fingerprint density at radius 2 is 2.04 bits per heavy atom. The van der Waals surface area contributed by atoms with Crippen molar-refractivity contribution in [1.29, 1.82) is 0 Å². The van der Waals surface area contributed by atoms with E-state index < -0.39 is 11.4 Å². The number of aromatic nitrogens is 2. The summed E-state index contributed by atoms with van der Waals surface area (Å²) in [5.41, 5.74) is 2.43. The molecule has 1 amide bonds. The molecular formula is C19H23N3O3. The van der Waals surface area contributed by atoms with Gasteiger partial charge in [-0.15, -0.1) is 0 Å². The van der Waals surface area contributed by atoms with E-state index in [2.05, 4.69) is 5.10 Å². The number of amides is 1. The molecule has 0 spiro atoms. The number of carbonyl (C=O) groups is 2. The average molecular weight is 341 g/mol. The molecule has 3 rings (SSSR count). The zero-order valence-corrected chi connectivity index (χ0v) is 14.8. The second-order valence-electron chi connectivity index (χ2n) is 7.09. The highest BCUT2D eigenvalue weighted by molar-refractivity contribution is 5.95. The fourth-order valence-corrected chi connectivity index (χ4v) is 3.40. The molecule has 1 atom stereocenters. The minimum atomic E-state index is -0.881. The van der Waals surface area contributed by atoms with Crippen molar-refractivity contribution in [2.75, 3.05) is 13.1 Å². The molecule has 6 heteroatoms. The van der Waals surface area contributed by atoms with Gasteiger partial charge in [0.25, 0.3) is 5.91 Å². The van der Waals surface area contributed by atoms with Gasteiger partial charge >= 0.3 is 5.97 Å². The molecular weight excluding hydrogens is 318 g/mol. The summed E-state index contributed by atoms with van der Waals surface area (Å²) in [7, 11) is 0. The third-order valence-electron chi connectivity index (χ3n) is 4.99. The topological polar surface area (TPSA) is 75.4 Å². The van der Waals surface area contributed by atoms with Crippen LogP contribution in [0.15, 0.2) is 30.5 Å². The van der Waals surface area contributed by atoms with Crippen molar-refractivity contribution in [3.05, 3.63) is 47.3 Å². The molecule has 1 unspecified atom stereocenters. The van der Waals surface area contributed by atoms with Crippen molar-refractivity contribution in [2.45, 2.75) is 33.6 Å². The molecule has 2 aromatic rings. The number of carbonyl (C=O) groups excluding carboxylic acids is 1. The molecule has 6 nitrogen and oxygen atoms in total. The molecule has 1 fully saturated rings. The highest BCUT2D eigenvalue weighted by atomic mass is 16.4. The van der Waals surface area contributed by atoms with E-state index in [9.17, 15) is 14.7 Å². The molecule has 0 bridgehead atoms. The summed E-state index contributed by atoms with van der Waals surface area (Å²) in [5, 5.41) is 13.8. The van der Waals surface area contributed by atoms with Crippen LogP contribution in [-0.4, -0.2) is 44.8 Å². The van der Waals surface area contributed by atoms with Crippen LogP contribution in [0.4, 0.5) is 0 Å². The lowest BCUT2D eigenvalue weighted by atomic mass is 9.82. The first-order valence-corrected chi connectivity index (χ1v) is 8.46. The van der Waals surface area contributed by atoms with Crippen LogP contribution in [0.25, 0.3) is 5.69 Å². The normalized spacial score (nSPS) is 20.5. The maximum absolute atomic E-state index is 12.9. The standard InChI is InChI=1S/C19H23N3O3/c1-13-6-4-7-15(10-13)22-14(2)16(11-20-22)17(23)21-9-5-8-19(3,12-21)18(24)25/h4,6-7,10-11H,5,8-9,12H2,1-3H3,(H,24,25). The van der Waals surface area contributed by atoms with Crippen molar-refractivity contribution >= 4 is 11.9 Å². The molecule has 1 aliphatic heterocycles. The van der Waals surface area contributed by atoms with Crippen LogP contribution in [0.1, 0.15) is 41.4 Å². The quantitative estimate of drug-likeness (QED) is 0.931. The van der Waals surface area contributed by atoms with Gasteiger partial charge in [0.05, 0.1) is 28.6 Å². The third-order valence-corrected chi connectivity index (χ3v) is 4.99. The summed E-state index contributed by atoms with van der Waals surface area (Å²) in [6.45, 7) is 6.39. The van der Waals surface area contributed by atoms with Crippen LogP contribution >= 0.6 is 0 Å². The number of piperidine rings is 1. The zero-order chi connectivity index (χ0) is 18.2. The van der Waals surface area contributed by atoms with E-state index in [1.54, 1.807) is 22.7 Å². The lowest BCUT2D eigenvalue weighted by Crippen LogP contribution is -2.48. The minimum absolute atomic E-state index is 0.149. The highest BCUT2D eigenvalue weighted by Gasteiger charge is 2.40. The number of likely N-dealkylation sites (tertiary alicyclic amines) is 1. The summed E-state index contributed by atoms with van der Waals surface area (Å²) in [6, 6.07) is 7.92. The number of nitrogens with zero attached hydrogens (tertiary/aromatic N) is 3. The van der Waals surface area contributed by atoms with E-state index in [0.29, 0.717) is 24.9 Å². The number of aryl methyl sites for hydroxylation is 1. The van der Waals surface area contributed by atoms with Gasteiger partial charge in [-0.05, 0) is 51.3 Å². The van der Waals surface area contributed by atoms with E-state index in [0.717, 1.165) is 16.9 Å². The molecule has 132 valence electrons. The lowest BCUT2D eigenvalue weighted by molar-refractivity contribution is -0.150. The van der Waals surface area contributed by atoms with Crippen molar-refractivity contribution < 1.29 is 14.7 Å². The fraction of sp³-hybridized carbons (Fsp3) is 0.421. The van der Waals surface area contributed by atoms with Gasteiger partial charge in [-0.2, -0.15) is 5.10 Å². The van der Waals surface area contributed by atoms with Gasteiger partial charge in [-0.1, -0.05) is 12.1 Å². The van der Waals surface area contributed by atoms with Gasteiger partial charge in [-0.25, -0.2) is 4.68 Å². The van der Waals surface area contributed by atoms with Gasteiger partial charge in [0.15, 0.2) is 0 Å². The third kappa shape index (κ3) is 3.16. The Balaban J connectivity index is 1.87. The van der Waals surface area contributed by atoms with E-state index in [4.69, 9.17) is 0 Å². The molecule has 1 aliphatic rings. The molecule has 0 aliphatic carbocycles. The van der Waals surface area contributed by atoms with Gasteiger partial charge in [-0.3, -0.25) is 9.59 Å². The largest absolute Gasteiger partial charge is 0.481 e. The van der Waals surface area contributed by atoms with Crippen molar-refractivity contribution in [3.63, 3.8) is 0 Å². The summed E-state index contributed by atoms with van der Waals surface area (Å²) in [5.74, 6) is -0.999. The summed E-state index contributed by atoms with van der Waals surface area (Å²) >= 11 is 0. The van der Waals surface area contributed by atoms with Crippen molar-refractivity contribution in [1.82, 2.24) is 14.7 Å². The van der Waals surface area contributed by atoms with Crippen LogP contribution in [0.5, 0.6) is 0 Å². The van der Waals surface area contributed by atoms with E-state index >= 15 is 0 Å². The Kier molecular flexibility index (Phi) is 4.37. The summed E-state index contributed by atoms with van der Waals surface area (Å²) in [6.07, 6.45) is 2.86. The minimum Gasteiger partial charge on any atom is -0.481 e. The SMILES string of the molecule is Cc1cccc(-n2ncc(C(=O)N3CCCC(C)(C(=O)O)C3)c2C)c1. The van der Waals surface area contributed by atoms with E-state index in [1.165, 1.54) is 0 Å². The number of hydrogen-bond acceptors (Lipinski definition) is 3. The Morgan fingerprint density at radius 1 is 1.28 bits per heavy atom. The second-order valence-corrected chi connectivity index (χ2v) is 7.09. The Bertz CT molecular complexity index is 827. The fourth-order valence-electron chi connectivity index (χ4n) is 3.40. The maximum Gasteiger partial charge on any atom is 0.311 e. The number of rotatable bonds is 3. The summed E-state index contributed by atoms with van der Waals surface area (Å²) in [4.78, 5) is 26.1. The van der Waals surface area contributed by atoms with Crippen molar-refractivity contribution in [2.24, 2.45) is 5.41 Å². The van der Waals surface area contributed by atoms with Crippen LogP contribution in [-0.2, 0) is 4.79 Å². The average Bonchev–Trinajstić information content (AvgIpc) is 2.95. The Hall–Kier alpha value is -2.63. The Labute approximate surface area is 147 Å². The first kappa shape index (κ1) is 17.2. The van der Waals surface area contributed by atoms with Crippen LogP contribution < -0.4 is 0 Å². The molecule has 1 N–H and O–H groups in total. The molecule has 1 aromatic carbocycles. The van der Waals surface area contributed by atoms with Gasteiger partial charge in [0.2, 0.25) is 0 Å². The molecule has 2 heterocycles. The summed E-state index contributed by atoms with van der Waals surface area (Å²) < 4.78 is 1.75. The molecule has 25 heavy (non-hydrogen) atoms. The number of carboxylic acids is 1. The van der Waals surface area contributed by atoms with Gasteiger partial charge in [0, 0.05) is 13.1 Å². The number of carboxylic acid groups (broad SMARTS) is 1. The lowest BCUT2D eigenvalue weighted by Gasteiger charge is -2.37. The molecule has 0 saturated carbocycles. The number of hydrogen-bond donors (Lipinski definition) is 1. The number of benzene rings is 1. The molecule has 0 radical (unpaired) electrons. The van der Waals surface area contributed by atoms with E-state index in [1.807, 2.05) is 38.1 Å². The van der Waals surface area contributed by atoms with Crippen LogP contribution in [0.3, 0.4) is 0 Å². The van der Waals surface area contributed by atoms with E-state index in [-0.39, 0.29) is 12.5 Å². The highest BCUT2D eigenvalue weighted by Crippen LogP contribution is 2.31. The predicted molar refractivity (Wildman–Crippen MR) is 93.9 cm³/mol. The van der Waals surface area contributed by atoms with Crippen LogP contribution in [0, 0.1) is 19.3 Å².